The molecule has 54 heavy (non-hydrogen) atoms. The first kappa shape index (κ1) is 40.4. The monoisotopic (exact) mass is 751 g/mol. The lowest BCUT2D eigenvalue weighted by molar-refractivity contribution is -0.144. The average molecular weight is 751 g/mol. The fourth-order valence-electron chi connectivity index (χ4n) is 12.3. The molecule has 0 spiro atoms. The van der Waals surface area contributed by atoms with E-state index in [1.54, 1.807) is 4.90 Å². The van der Waals surface area contributed by atoms with Crippen molar-refractivity contribution in [3.05, 3.63) is 11.1 Å². The van der Waals surface area contributed by atoms with Crippen LogP contribution in [0.5, 0.6) is 0 Å². The smallest absolute Gasteiger partial charge is 0.249 e. The summed E-state index contributed by atoms with van der Waals surface area (Å²) < 4.78 is 6.50. The number of hydrogen-bond acceptors (Lipinski definition) is 7. The van der Waals surface area contributed by atoms with Crippen molar-refractivity contribution in [3.8, 4) is 0 Å². The van der Waals surface area contributed by atoms with E-state index in [1.807, 2.05) is 11.1 Å². The number of nitrogens with zero attached hydrogens (tertiary/aromatic N) is 3. The van der Waals surface area contributed by atoms with E-state index in [1.165, 1.54) is 109 Å². The van der Waals surface area contributed by atoms with Crippen molar-refractivity contribution in [1.29, 1.82) is 0 Å². The fourth-order valence-corrected chi connectivity index (χ4v) is 12.3. The first-order valence-corrected chi connectivity index (χ1v) is 23.0. The molecule has 0 aromatic heterocycles. The molecule has 7 rings (SSSR count). The Morgan fingerprint density at radius 2 is 1.46 bits per heavy atom. The summed E-state index contributed by atoms with van der Waals surface area (Å²) in [5.41, 5.74) is 3.71. The molecule has 3 heterocycles. The van der Waals surface area contributed by atoms with Crippen LogP contribution in [0.2, 0.25) is 0 Å². The molecular weight excluding hydrogens is 677 g/mol. The molecule has 0 bridgehead atoms. The van der Waals surface area contributed by atoms with Gasteiger partial charge in [-0.3, -0.25) is 24.6 Å². The van der Waals surface area contributed by atoms with E-state index in [0.29, 0.717) is 43.4 Å². The van der Waals surface area contributed by atoms with Gasteiger partial charge >= 0.3 is 0 Å². The van der Waals surface area contributed by atoms with Crippen molar-refractivity contribution in [2.24, 2.45) is 29.6 Å². The third kappa shape index (κ3) is 10.0. The van der Waals surface area contributed by atoms with Gasteiger partial charge in [-0.1, -0.05) is 50.2 Å². The molecule has 3 unspecified atom stereocenters. The number of piperazine rings is 1. The number of aliphatic hydroxyl groups is 1. The topological polar surface area (TPSA) is 102 Å². The summed E-state index contributed by atoms with van der Waals surface area (Å²) in [6.07, 6.45) is 26.9. The van der Waals surface area contributed by atoms with Crippen LogP contribution in [0.1, 0.15) is 155 Å². The molecule has 2 N–H and O–H groups in total. The molecule has 9 nitrogen and oxygen atoms in total. The van der Waals surface area contributed by atoms with Crippen molar-refractivity contribution < 1.29 is 24.2 Å². The number of allylic oxidation sites excluding steroid dienone is 2. The standard InChI is InChI=1S/C45H74N4O5/c1-2-39(32-10-6-5-7-11-32)43(33-12-17-37(50)18-13-33)34-14-19-38(20-15-34)54-29-9-4-3-8-24-47-25-27-48(28-26-47)36-16-21-40-35(30-36)31-49(45(40)53)41-22-23-42(51)46-44(41)52/h32-38,40-41,50H,2-31H2,1H3,(H,46,51,52)/b43-39-/t33?,34?,35?,36?,37?,38?,40?,41-/m0/s1. The van der Waals surface area contributed by atoms with Crippen molar-refractivity contribution in [2.45, 2.75) is 179 Å². The van der Waals surface area contributed by atoms with Crippen LogP contribution in [0.3, 0.4) is 0 Å². The Labute approximate surface area is 326 Å². The second-order valence-corrected chi connectivity index (χ2v) is 18.6. The van der Waals surface area contributed by atoms with Gasteiger partial charge in [-0.2, -0.15) is 0 Å². The summed E-state index contributed by atoms with van der Waals surface area (Å²) in [5, 5.41) is 12.7. The Balaban J connectivity index is 0.756. The minimum absolute atomic E-state index is 0.0528. The Morgan fingerprint density at radius 3 is 2.17 bits per heavy atom. The predicted molar refractivity (Wildman–Crippen MR) is 213 cm³/mol. The van der Waals surface area contributed by atoms with Gasteiger partial charge in [0.2, 0.25) is 17.7 Å². The average Bonchev–Trinajstić information content (AvgIpc) is 3.52. The minimum Gasteiger partial charge on any atom is -0.393 e. The van der Waals surface area contributed by atoms with Crippen molar-refractivity contribution in [1.82, 2.24) is 20.0 Å². The van der Waals surface area contributed by atoms with Crippen molar-refractivity contribution in [2.75, 3.05) is 45.9 Å². The number of piperidine rings is 1. The van der Waals surface area contributed by atoms with Crippen LogP contribution < -0.4 is 5.32 Å². The fraction of sp³-hybridized carbons (Fsp3) is 0.889. The zero-order chi connectivity index (χ0) is 37.4. The molecule has 3 aliphatic heterocycles. The van der Waals surface area contributed by atoms with Gasteiger partial charge in [0.1, 0.15) is 6.04 Å². The lowest BCUT2D eigenvalue weighted by Crippen LogP contribution is -2.53. The number of carbonyl (C=O) groups is 3. The summed E-state index contributed by atoms with van der Waals surface area (Å²) in [4.78, 5) is 44.5. The van der Waals surface area contributed by atoms with Gasteiger partial charge in [0.25, 0.3) is 0 Å². The van der Waals surface area contributed by atoms with Crippen molar-refractivity contribution >= 4 is 17.7 Å². The van der Waals surface area contributed by atoms with Crippen LogP contribution in [-0.4, -0.2) is 108 Å². The first-order chi connectivity index (χ1) is 26.4. The molecule has 4 aliphatic carbocycles. The van der Waals surface area contributed by atoms with E-state index in [4.69, 9.17) is 4.74 Å². The molecule has 7 fully saturated rings. The number of nitrogens with one attached hydrogen (secondary N) is 1. The Kier molecular flexibility index (Phi) is 14.6. The molecular formula is C45H74N4O5. The first-order valence-electron chi connectivity index (χ1n) is 23.0. The molecule has 4 atom stereocenters. The molecule has 0 aromatic carbocycles. The highest BCUT2D eigenvalue weighted by Gasteiger charge is 2.49. The maximum absolute atomic E-state index is 13.2. The highest BCUT2D eigenvalue weighted by Crippen LogP contribution is 2.46. The summed E-state index contributed by atoms with van der Waals surface area (Å²) in [7, 11) is 0. The normalized spacial score (nSPS) is 35.5. The molecule has 3 amide bonds. The predicted octanol–water partition coefficient (Wildman–Crippen LogP) is 7.01. The van der Waals surface area contributed by atoms with Gasteiger partial charge in [-0.15, -0.1) is 0 Å². The van der Waals surface area contributed by atoms with Gasteiger partial charge in [-0.05, 0) is 139 Å². The van der Waals surface area contributed by atoms with E-state index < -0.39 is 6.04 Å². The molecule has 0 aromatic rings. The Bertz CT molecular complexity index is 1270. The number of amides is 3. The maximum atomic E-state index is 13.2. The number of hydrogen-bond donors (Lipinski definition) is 2. The number of imide groups is 1. The van der Waals surface area contributed by atoms with Crippen LogP contribution >= 0.6 is 0 Å². The molecule has 9 heteroatoms. The minimum atomic E-state index is -0.467. The number of carbonyl (C=O) groups excluding carboxylic acids is 3. The maximum Gasteiger partial charge on any atom is 0.249 e. The van der Waals surface area contributed by atoms with E-state index in [2.05, 4.69) is 22.0 Å². The lowest BCUT2D eigenvalue weighted by atomic mass is 9.68. The van der Waals surface area contributed by atoms with E-state index in [-0.39, 0.29) is 29.7 Å². The number of fused-ring (bicyclic) bond motifs is 1. The number of likely N-dealkylation sites (tertiary alicyclic amines) is 1. The Hall–Kier alpha value is -1.81. The van der Waals surface area contributed by atoms with E-state index in [0.717, 1.165) is 76.7 Å². The van der Waals surface area contributed by atoms with Crippen LogP contribution in [0.15, 0.2) is 11.1 Å². The van der Waals surface area contributed by atoms with Gasteiger partial charge < -0.3 is 19.6 Å². The number of aliphatic hydroxyl groups excluding tert-OH is 1. The van der Waals surface area contributed by atoms with Crippen molar-refractivity contribution in [3.63, 3.8) is 0 Å². The van der Waals surface area contributed by atoms with Crippen LogP contribution in [0.4, 0.5) is 0 Å². The van der Waals surface area contributed by atoms with E-state index >= 15 is 0 Å². The number of ether oxygens (including phenoxy) is 1. The molecule has 0 radical (unpaired) electrons. The second kappa shape index (κ2) is 19.6. The largest absolute Gasteiger partial charge is 0.393 e. The summed E-state index contributed by atoms with van der Waals surface area (Å²) in [5.74, 6) is 2.29. The van der Waals surface area contributed by atoms with Crippen LogP contribution in [-0.2, 0) is 19.1 Å². The Morgan fingerprint density at radius 1 is 0.759 bits per heavy atom. The third-order valence-electron chi connectivity index (χ3n) is 15.3. The summed E-state index contributed by atoms with van der Waals surface area (Å²) in [6, 6.07) is 0.0731. The highest BCUT2D eigenvalue weighted by molar-refractivity contribution is 6.02. The van der Waals surface area contributed by atoms with Gasteiger partial charge in [0, 0.05) is 57.7 Å². The SMILES string of the molecule is CC/C(=C(\C1CCC(O)CC1)C1CCC(OCCCCCCN2CCN(C3CCC4C(=O)N([C@H]5CCC(=O)NC5=O)CC4C3)CC2)CC1)C1CCCCC1. The van der Waals surface area contributed by atoms with Crippen LogP contribution in [0.25, 0.3) is 0 Å². The highest BCUT2D eigenvalue weighted by atomic mass is 16.5. The van der Waals surface area contributed by atoms with Crippen LogP contribution in [0, 0.1) is 29.6 Å². The molecule has 3 saturated heterocycles. The molecule has 7 aliphatic rings. The van der Waals surface area contributed by atoms with Gasteiger partial charge in [0.05, 0.1) is 12.2 Å². The van der Waals surface area contributed by atoms with E-state index in [9.17, 15) is 19.5 Å². The quantitative estimate of drug-likeness (QED) is 0.112. The second-order valence-electron chi connectivity index (χ2n) is 18.6. The zero-order valence-electron chi connectivity index (χ0n) is 33.8. The third-order valence-corrected chi connectivity index (χ3v) is 15.3. The van der Waals surface area contributed by atoms with Gasteiger partial charge in [-0.25, -0.2) is 0 Å². The number of rotatable bonds is 14. The van der Waals surface area contributed by atoms with Gasteiger partial charge in [0.15, 0.2) is 0 Å². The number of unbranched alkanes of at least 4 members (excludes halogenated alkanes) is 3. The molecule has 304 valence electrons. The molecule has 4 saturated carbocycles. The zero-order valence-corrected chi connectivity index (χ0v) is 33.8. The summed E-state index contributed by atoms with van der Waals surface area (Å²) in [6.45, 7) is 9.71. The lowest BCUT2D eigenvalue weighted by Gasteiger charge is -2.42. The summed E-state index contributed by atoms with van der Waals surface area (Å²) >= 11 is 0.